The van der Waals surface area contributed by atoms with Crippen LogP contribution in [0.3, 0.4) is 0 Å². The van der Waals surface area contributed by atoms with Crippen LogP contribution in [-0.2, 0) is 6.54 Å². The molecule has 0 aliphatic rings. The lowest BCUT2D eigenvalue weighted by Gasteiger charge is -2.05. The van der Waals surface area contributed by atoms with E-state index >= 15 is 0 Å². The monoisotopic (exact) mass is 235 g/mol. The first-order chi connectivity index (χ1) is 6.97. The van der Waals surface area contributed by atoms with Crippen molar-refractivity contribution in [3.8, 4) is 0 Å². The van der Waals surface area contributed by atoms with E-state index in [-0.39, 0.29) is 15.8 Å². The van der Waals surface area contributed by atoms with Gasteiger partial charge in [-0.25, -0.2) is 9.67 Å². The van der Waals surface area contributed by atoms with E-state index < -0.39 is 12.7 Å². The maximum atomic E-state index is 12.1. The number of fused-ring (bicyclic) bond motifs is 1. The van der Waals surface area contributed by atoms with E-state index in [0.717, 1.165) is 0 Å². The van der Waals surface area contributed by atoms with Crippen LogP contribution in [0, 0.1) is 4.64 Å². The minimum atomic E-state index is -4.35. The summed E-state index contributed by atoms with van der Waals surface area (Å²) in [6.07, 6.45) is -3.14. The van der Waals surface area contributed by atoms with Crippen molar-refractivity contribution in [2.75, 3.05) is 0 Å². The van der Waals surface area contributed by atoms with Gasteiger partial charge in [0.25, 0.3) is 0 Å². The minimum absolute atomic E-state index is 0.118. The zero-order valence-electron chi connectivity index (χ0n) is 7.12. The predicted molar refractivity (Wildman–Crippen MR) is 46.6 cm³/mol. The average molecular weight is 235 g/mol. The number of H-pyrrole nitrogens is 1. The number of aromatic nitrogens is 5. The fraction of sp³-hybridized carbons (Fsp3) is 0.333. The molecule has 0 aliphatic heterocycles. The SMILES string of the molecule is FC(F)(F)Cn1nnc2c(=S)nc[nH]c21. The third-order valence-corrected chi connectivity index (χ3v) is 1.95. The van der Waals surface area contributed by atoms with Crippen LogP contribution in [0.4, 0.5) is 13.2 Å². The van der Waals surface area contributed by atoms with Gasteiger partial charge in [0.05, 0.1) is 6.33 Å². The van der Waals surface area contributed by atoms with Crippen molar-refractivity contribution in [1.82, 2.24) is 25.0 Å². The van der Waals surface area contributed by atoms with Crippen molar-refractivity contribution < 1.29 is 13.2 Å². The van der Waals surface area contributed by atoms with Gasteiger partial charge in [0.1, 0.15) is 6.54 Å². The highest BCUT2D eigenvalue weighted by atomic mass is 32.1. The van der Waals surface area contributed by atoms with Crippen molar-refractivity contribution in [1.29, 1.82) is 0 Å². The number of hydrogen-bond donors (Lipinski definition) is 1. The Morgan fingerprint density at radius 1 is 1.47 bits per heavy atom. The Morgan fingerprint density at radius 2 is 2.20 bits per heavy atom. The standard InChI is InChI=1S/C6H4F3N5S/c7-6(8,9)1-14-4-3(12-13-14)5(15)11-2-10-4/h2H,1H2,(H,10,11,15). The molecule has 15 heavy (non-hydrogen) atoms. The van der Waals surface area contributed by atoms with E-state index in [9.17, 15) is 13.2 Å². The lowest BCUT2D eigenvalue weighted by atomic mass is 10.5. The summed E-state index contributed by atoms with van der Waals surface area (Å²) in [6.45, 7) is -1.21. The molecule has 2 heterocycles. The highest BCUT2D eigenvalue weighted by Crippen LogP contribution is 2.18. The molecular formula is C6H4F3N5S. The molecule has 80 valence electrons. The third-order valence-electron chi connectivity index (χ3n) is 1.65. The maximum Gasteiger partial charge on any atom is 0.408 e. The van der Waals surface area contributed by atoms with E-state index in [2.05, 4.69) is 20.3 Å². The molecule has 2 aromatic rings. The van der Waals surface area contributed by atoms with Crippen molar-refractivity contribution >= 4 is 23.4 Å². The van der Waals surface area contributed by atoms with E-state index in [1.807, 2.05) is 0 Å². The van der Waals surface area contributed by atoms with Gasteiger partial charge >= 0.3 is 6.18 Å². The van der Waals surface area contributed by atoms with Gasteiger partial charge in [-0.15, -0.1) is 5.10 Å². The van der Waals surface area contributed by atoms with Gasteiger partial charge in [0, 0.05) is 0 Å². The van der Waals surface area contributed by atoms with Gasteiger partial charge in [-0.1, -0.05) is 17.4 Å². The van der Waals surface area contributed by atoms with E-state index in [4.69, 9.17) is 12.2 Å². The van der Waals surface area contributed by atoms with Crippen LogP contribution in [0.1, 0.15) is 0 Å². The molecule has 5 nitrogen and oxygen atoms in total. The van der Waals surface area contributed by atoms with Crippen molar-refractivity contribution in [2.45, 2.75) is 12.7 Å². The smallest absolute Gasteiger partial charge is 0.329 e. The molecule has 0 bridgehead atoms. The molecule has 1 N–H and O–H groups in total. The summed E-state index contributed by atoms with van der Waals surface area (Å²) in [6, 6.07) is 0. The quantitative estimate of drug-likeness (QED) is 0.760. The summed E-state index contributed by atoms with van der Waals surface area (Å²) in [7, 11) is 0. The van der Waals surface area contributed by atoms with Crippen LogP contribution >= 0.6 is 12.2 Å². The first-order valence-electron chi connectivity index (χ1n) is 3.81. The lowest BCUT2D eigenvalue weighted by molar-refractivity contribution is -0.142. The Kier molecular flexibility index (Phi) is 2.18. The summed E-state index contributed by atoms with van der Waals surface area (Å²) in [5, 5.41) is 6.87. The second-order valence-corrected chi connectivity index (χ2v) is 3.15. The Morgan fingerprint density at radius 3 is 2.87 bits per heavy atom. The summed E-state index contributed by atoms with van der Waals surface area (Å²) >= 11 is 4.78. The van der Waals surface area contributed by atoms with Crippen molar-refractivity contribution in [3.63, 3.8) is 0 Å². The number of nitrogens with zero attached hydrogens (tertiary/aromatic N) is 4. The molecule has 0 spiro atoms. The average Bonchev–Trinajstić information content (AvgIpc) is 2.48. The molecule has 0 aromatic carbocycles. The third kappa shape index (κ3) is 1.96. The van der Waals surface area contributed by atoms with Gasteiger partial charge in [0.15, 0.2) is 15.8 Å². The zero-order chi connectivity index (χ0) is 11.1. The maximum absolute atomic E-state index is 12.1. The van der Waals surface area contributed by atoms with Crippen LogP contribution in [0.15, 0.2) is 6.33 Å². The second kappa shape index (κ2) is 3.26. The van der Waals surface area contributed by atoms with E-state index in [0.29, 0.717) is 4.68 Å². The van der Waals surface area contributed by atoms with Crippen LogP contribution in [0.2, 0.25) is 0 Å². The van der Waals surface area contributed by atoms with Gasteiger partial charge in [-0.2, -0.15) is 13.2 Å². The van der Waals surface area contributed by atoms with Gasteiger partial charge in [-0.05, 0) is 0 Å². The summed E-state index contributed by atoms with van der Waals surface area (Å²) < 4.78 is 37.1. The fourth-order valence-corrected chi connectivity index (χ4v) is 1.28. The molecule has 2 rings (SSSR count). The Hall–Kier alpha value is -1.51. The summed E-state index contributed by atoms with van der Waals surface area (Å²) in [4.78, 5) is 6.20. The van der Waals surface area contributed by atoms with Gasteiger partial charge < -0.3 is 4.98 Å². The fourth-order valence-electron chi connectivity index (χ4n) is 1.09. The first-order valence-corrected chi connectivity index (χ1v) is 4.22. The van der Waals surface area contributed by atoms with Crippen LogP contribution in [0.5, 0.6) is 0 Å². The molecule has 0 radical (unpaired) electrons. The predicted octanol–water partition coefficient (Wildman–Crippen LogP) is 1.45. The Bertz CT molecular complexity index is 541. The molecular weight excluding hydrogens is 231 g/mol. The number of nitrogens with one attached hydrogen (secondary N) is 1. The first kappa shape index (κ1) is 10.0. The number of aromatic amines is 1. The molecule has 0 saturated heterocycles. The topological polar surface area (TPSA) is 59.4 Å². The Balaban J connectivity index is 2.55. The Labute approximate surface area is 85.9 Å². The van der Waals surface area contributed by atoms with Crippen LogP contribution < -0.4 is 0 Å². The normalized spacial score (nSPS) is 12.2. The number of hydrogen-bond acceptors (Lipinski definition) is 4. The van der Waals surface area contributed by atoms with E-state index in [1.165, 1.54) is 6.33 Å². The molecule has 0 aliphatic carbocycles. The van der Waals surface area contributed by atoms with Crippen molar-refractivity contribution in [3.05, 3.63) is 11.0 Å². The number of rotatable bonds is 1. The molecule has 9 heteroatoms. The molecule has 0 atom stereocenters. The number of alkyl halides is 3. The summed E-state index contributed by atoms with van der Waals surface area (Å²) in [5.41, 5.74) is 0.282. The van der Waals surface area contributed by atoms with Crippen LogP contribution in [-0.4, -0.2) is 31.1 Å². The molecule has 0 amide bonds. The molecule has 2 aromatic heterocycles. The highest BCUT2D eigenvalue weighted by molar-refractivity contribution is 7.71. The molecule has 0 saturated carbocycles. The lowest BCUT2D eigenvalue weighted by Crippen LogP contribution is -2.18. The molecule has 0 fully saturated rings. The highest BCUT2D eigenvalue weighted by Gasteiger charge is 2.29. The van der Waals surface area contributed by atoms with E-state index in [1.54, 1.807) is 0 Å². The van der Waals surface area contributed by atoms with Crippen molar-refractivity contribution in [2.24, 2.45) is 0 Å². The largest absolute Gasteiger partial charge is 0.408 e. The number of halogens is 3. The summed E-state index contributed by atoms with van der Waals surface area (Å²) in [5.74, 6) is 0. The van der Waals surface area contributed by atoms with Crippen LogP contribution in [0.25, 0.3) is 11.2 Å². The zero-order valence-corrected chi connectivity index (χ0v) is 7.93. The van der Waals surface area contributed by atoms with Gasteiger partial charge in [-0.3, -0.25) is 0 Å². The minimum Gasteiger partial charge on any atom is -0.329 e. The molecule has 0 unspecified atom stereocenters. The van der Waals surface area contributed by atoms with Gasteiger partial charge in [0.2, 0.25) is 0 Å². The second-order valence-electron chi connectivity index (χ2n) is 2.77.